The van der Waals surface area contributed by atoms with Gasteiger partial charge in [-0.25, -0.2) is 0 Å². The van der Waals surface area contributed by atoms with Crippen LogP contribution in [-0.4, -0.2) is 24.4 Å². The second-order valence-corrected chi connectivity index (χ2v) is 4.40. The molecule has 0 aliphatic carbocycles. The van der Waals surface area contributed by atoms with E-state index < -0.39 is 0 Å². The SMILES string of the molecule is CC(NCCCCC(N)=O)C(=O)NCc1ccco1. The van der Waals surface area contributed by atoms with Gasteiger partial charge in [-0.3, -0.25) is 9.59 Å². The Hall–Kier alpha value is -1.82. The zero-order valence-electron chi connectivity index (χ0n) is 11.1. The van der Waals surface area contributed by atoms with Crippen molar-refractivity contribution < 1.29 is 14.0 Å². The summed E-state index contributed by atoms with van der Waals surface area (Å²) in [5, 5.41) is 5.87. The number of unbranched alkanes of at least 4 members (excludes halogenated alkanes) is 1. The number of hydrogen-bond donors (Lipinski definition) is 3. The third-order valence-corrected chi connectivity index (χ3v) is 2.71. The fourth-order valence-corrected chi connectivity index (χ4v) is 1.58. The average Bonchev–Trinajstić information content (AvgIpc) is 2.88. The van der Waals surface area contributed by atoms with E-state index in [0.717, 1.165) is 18.6 Å². The second kappa shape index (κ2) is 8.31. The van der Waals surface area contributed by atoms with Gasteiger partial charge in [0.25, 0.3) is 0 Å². The number of primary amides is 1. The molecule has 0 bridgehead atoms. The Bertz CT molecular complexity index is 390. The van der Waals surface area contributed by atoms with Gasteiger partial charge >= 0.3 is 0 Å². The topological polar surface area (TPSA) is 97.4 Å². The molecule has 1 aromatic rings. The molecule has 0 saturated carbocycles. The van der Waals surface area contributed by atoms with E-state index in [9.17, 15) is 9.59 Å². The van der Waals surface area contributed by atoms with Gasteiger partial charge in [-0.15, -0.1) is 0 Å². The van der Waals surface area contributed by atoms with Crippen LogP contribution in [0.1, 0.15) is 31.9 Å². The van der Waals surface area contributed by atoms with Crippen LogP contribution < -0.4 is 16.4 Å². The van der Waals surface area contributed by atoms with Crippen LogP contribution in [0, 0.1) is 0 Å². The largest absolute Gasteiger partial charge is 0.467 e. The van der Waals surface area contributed by atoms with Crippen LogP contribution in [-0.2, 0) is 16.1 Å². The van der Waals surface area contributed by atoms with Crippen molar-refractivity contribution in [3.63, 3.8) is 0 Å². The predicted molar refractivity (Wildman–Crippen MR) is 71.1 cm³/mol. The number of nitrogens with one attached hydrogen (secondary N) is 2. The van der Waals surface area contributed by atoms with Crippen LogP contribution in [0.4, 0.5) is 0 Å². The van der Waals surface area contributed by atoms with Gasteiger partial charge in [0.15, 0.2) is 0 Å². The summed E-state index contributed by atoms with van der Waals surface area (Å²) in [6.07, 6.45) is 3.52. The molecule has 0 aliphatic rings. The van der Waals surface area contributed by atoms with E-state index in [0.29, 0.717) is 19.5 Å². The highest BCUT2D eigenvalue weighted by Crippen LogP contribution is 1.99. The summed E-state index contributed by atoms with van der Waals surface area (Å²) in [6.45, 7) is 2.87. The van der Waals surface area contributed by atoms with Crippen LogP contribution in [0.3, 0.4) is 0 Å². The molecule has 0 radical (unpaired) electrons. The lowest BCUT2D eigenvalue weighted by Crippen LogP contribution is -2.42. The van der Waals surface area contributed by atoms with Crippen LogP contribution in [0.15, 0.2) is 22.8 Å². The minimum Gasteiger partial charge on any atom is -0.467 e. The smallest absolute Gasteiger partial charge is 0.237 e. The maximum absolute atomic E-state index is 11.7. The van der Waals surface area contributed by atoms with E-state index >= 15 is 0 Å². The Labute approximate surface area is 112 Å². The standard InChI is InChI=1S/C13H21N3O3/c1-10(15-7-3-2-6-12(14)17)13(18)16-9-11-5-4-8-19-11/h4-5,8,10,15H,2-3,6-7,9H2,1H3,(H2,14,17)(H,16,18). The molecule has 106 valence electrons. The number of carbonyl (C=O) groups is 2. The van der Waals surface area contributed by atoms with Gasteiger partial charge in [0.2, 0.25) is 11.8 Å². The number of furan rings is 1. The van der Waals surface area contributed by atoms with Crippen LogP contribution in [0.5, 0.6) is 0 Å². The van der Waals surface area contributed by atoms with Crippen molar-refractivity contribution in [2.75, 3.05) is 6.54 Å². The Kier molecular flexibility index (Phi) is 6.67. The molecule has 0 aromatic carbocycles. The molecule has 1 heterocycles. The molecule has 1 rings (SSSR count). The molecule has 1 atom stereocenters. The summed E-state index contributed by atoms with van der Waals surface area (Å²) in [5.74, 6) is 0.359. The third kappa shape index (κ3) is 6.61. The number of amides is 2. The van der Waals surface area contributed by atoms with Crippen LogP contribution >= 0.6 is 0 Å². The van der Waals surface area contributed by atoms with Gasteiger partial charge in [0, 0.05) is 6.42 Å². The van der Waals surface area contributed by atoms with Gasteiger partial charge in [-0.05, 0) is 38.4 Å². The predicted octanol–water partition coefficient (Wildman–Crippen LogP) is 0.530. The summed E-state index contributed by atoms with van der Waals surface area (Å²) in [7, 11) is 0. The monoisotopic (exact) mass is 267 g/mol. The maximum atomic E-state index is 11.7. The first-order valence-electron chi connectivity index (χ1n) is 6.41. The van der Waals surface area contributed by atoms with Crippen molar-refractivity contribution in [2.45, 2.75) is 38.8 Å². The third-order valence-electron chi connectivity index (χ3n) is 2.71. The molecule has 0 fully saturated rings. The Morgan fingerprint density at radius 3 is 2.84 bits per heavy atom. The molecule has 2 amide bonds. The molecule has 6 heteroatoms. The van der Waals surface area contributed by atoms with Gasteiger partial charge in [-0.2, -0.15) is 0 Å². The fourth-order valence-electron chi connectivity index (χ4n) is 1.58. The molecule has 0 spiro atoms. The Morgan fingerprint density at radius 2 is 2.21 bits per heavy atom. The zero-order chi connectivity index (χ0) is 14.1. The quantitative estimate of drug-likeness (QED) is 0.568. The molecule has 6 nitrogen and oxygen atoms in total. The first-order valence-corrected chi connectivity index (χ1v) is 6.41. The number of rotatable bonds is 9. The fraction of sp³-hybridized carbons (Fsp3) is 0.538. The van der Waals surface area contributed by atoms with Crippen LogP contribution in [0.2, 0.25) is 0 Å². The van der Waals surface area contributed by atoms with Crippen molar-refractivity contribution >= 4 is 11.8 Å². The summed E-state index contributed by atoms with van der Waals surface area (Å²) in [6, 6.07) is 3.31. The molecule has 1 unspecified atom stereocenters. The molecular formula is C13H21N3O3. The Morgan fingerprint density at radius 1 is 1.42 bits per heavy atom. The van der Waals surface area contributed by atoms with Gasteiger partial charge in [0.05, 0.1) is 18.8 Å². The molecule has 0 saturated heterocycles. The zero-order valence-corrected chi connectivity index (χ0v) is 11.1. The molecule has 19 heavy (non-hydrogen) atoms. The molecule has 4 N–H and O–H groups in total. The van der Waals surface area contributed by atoms with E-state index in [1.54, 1.807) is 19.3 Å². The Balaban J connectivity index is 2.09. The maximum Gasteiger partial charge on any atom is 0.237 e. The van der Waals surface area contributed by atoms with Gasteiger partial charge in [-0.1, -0.05) is 0 Å². The van der Waals surface area contributed by atoms with Gasteiger partial charge in [0.1, 0.15) is 5.76 Å². The highest BCUT2D eigenvalue weighted by atomic mass is 16.3. The van der Waals surface area contributed by atoms with E-state index in [1.165, 1.54) is 0 Å². The number of nitrogens with two attached hydrogens (primary N) is 1. The van der Waals surface area contributed by atoms with Crippen molar-refractivity contribution in [3.05, 3.63) is 24.2 Å². The van der Waals surface area contributed by atoms with Crippen molar-refractivity contribution in [1.82, 2.24) is 10.6 Å². The first kappa shape index (κ1) is 15.2. The lowest BCUT2D eigenvalue weighted by atomic mass is 10.2. The van der Waals surface area contributed by atoms with Crippen molar-refractivity contribution in [3.8, 4) is 0 Å². The number of hydrogen-bond acceptors (Lipinski definition) is 4. The van der Waals surface area contributed by atoms with E-state index in [4.69, 9.17) is 10.2 Å². The molecule has 0 aliphatic heterocycles. The van der Waals surface area contributed by atoms with Crippen molar-refractivity contribution in [2.24, 2.45) is 5.73 Å². The minimum absolute atomic E-state index is 0.0775. The van der Waals surface area contributed by atoms with E-state index in [1.807, 2.05) is 6.07 Å². The summed E-state index contributed by atoms with van der Waals surface area (Å²) < 4.78 is 5.12. The summed E-state index contributed by atoms with van der Waals surface area (Å²) in [4.78, 5) is 22.3. The lowest BCUT2D eigenvalue weighted by Gasteiger charge is -2.13. The average molecular weight is 267 g/mol. The van der Waals surface area contributed by atoms with E-state index in [2.05, 4.69) is 10.6 Å². The normalized spacial score (nSPS) is 12.1. The van der Waals surface area contributed by atoms with Crippen molar-refractivity contribution in [1.29, 1.82) is 0 Å². The van der Waals surface area contributed by atoms with E-state index in [-0.39, 0.29) is 17.9 Å². The first-order chi connectivity index (χ1) is 9.09. The highest BCUT2D eigenvalue weighted by molar-refractivity contribution is 5.81. The second-order valence-electron chi connectivity index (χ2n) is 4.40. The minimum atomic E-state index is -0.288. The summed E-state index contributed by atoms with van der Waals surface area (Å²) in [5.41, 5.74) is 5.04. The lowest BCUT2D eigenvalue weighted by molar-refractivity contribution is -0.123. The molecular weight excluding hydrogens is 246 g/mol. The molecule has 1 aromatic heterocycles. The van der Waals surface area contributed by atoms with Crippen LogP contribution in [0.25, 0.3) is 0 Å². The highest BCUT2D eigenvalue weighted by Gasteiger charge is 2.11. The van der Waals surface area contributed by atoms with Gasteiger partial charge < -0.3 is 20.8 Å². The number of carbonyl (C=O) groups excluding carboxylic acids is 2. The summed E-state index contributed by atoms with van der Waals surface area (Å²) >= 11 is 0.